The minimum atomic E-state index is -0.275. The van der Waals surface area contributed by atoms with E-state index < -0.39 is 0 Å². The Morgan fingerprint density at radius 2 is 1.95 bits per heavy atom. The predicted octanol–water partition coefficient (Wildman–Crippen LogP) is 4.76. The summed E-state index contributed by atoms with van der Waals surface area (Å²) in [6.07, 6.45) is 0. The summed E-state index contributed by atoms with van der Waals surface area (Å²) in [4.78, 5) is 0. The Bertz CT molecular complexity index is 606. The molecule has 2 rings (SSSR count). The Kier molecular flexibility index (Phi) is 5.11. The highest BCUT2D eigenvalue weighted by atomic mass is 127. The molecule has 19 heavy (non-hydrogen) atoms. The molecular formula is C14H12BrClINO. The van der Waals surface area contributed by atoms with Crippen LogP contribution in [0.5, 0.6) is 5.75 Å². The molecule has 5 heteroatoms. The first kappa shape index (κ1) is 15.1. The normalized spacial score (nSPS) is 12.3. The molecule has 0 spiro atoms. The van der Waals surface area contributed by atoms with E-state index in [-0.39, 0.29) is 6.04 Å². The third-order valence-corrected chi connectivity index (χ3v) is 4.56. The van der Waals surface area contributed by atoms with E-state index in [9.17, 15) is 0 Å². The summed E-state index contributed by atoms with van der Waals surface area (Å²) in [7, 11) is 1.61. The lowest BCUT2D eigenvalue weighted by molar-refractivity contribution is 0.414. The first-order valence-electron chi connectivity index (χ1n) is 5.57. The van der Waals surface area contributed by atoms with Crippen molar-refractivity contribution >= 4 is 50.1 Å². The number of hydrogen-bond donors (Lipinski definition) is 1. The molecule has 100 valence electrons. The Morgan fingerprint density at radius 3 is 2.58 bits per heavy atom. The Balaban J connectivity index is 2.43. The van der Waals surface area contributed by atoms with Crippen LogP contribution in [0.1, 0.15) is 17.2 Å². The second-order valence-electron chi connectivity index (χ2n) is 4.03. The van der Waals surface area contributed by atoms with Crippen LogP contribution in [-0.2, 0) is 0 Å². The van der Waals surface area contributed by atoms with E-state index in [1.54, 1.807) is 13.2 Å². The summed E-state index contributed by atoms with van der Waals surface area (Å²) in [5, 5.41) is 0.609. The van der Waals surface area contributed by atoms with Crippen LogP contribution < -0.4 is 10.5 Å². The molecule has 0 bridgehead atoms. The first-order valence-corrected chi connectivity index (χ1v) is 7.82. The van der Waals surface area contributed by atoms with Gasteiger partial charge in [0, 0.05) is 13.1 Å². The quantitative estimate of drug-likeness (QED) is 0.682. The molecule has 0 aliphatic carbocycles. The molecule has 0 saturated heterocycles. The molecule has 0 saturated carbocycles. The van der Waals surface area contributed by atoms with Crippen molar-refractivity contribution in [1.29, 1.82) is 0 Å². The largest absolute Gasteiger partial charge is 0.497 e. The molecule has 2 aromatic carbocycles. The summed E-state index contributed by atoms with van der Waals surface area (Å²) >= 11 is 12.1. The van der Waals surface area contributed by atoms with Crippen LogP contribution in [-0.4, -0.2) is 7.11 Å². The fraction of sp³-hybridized carbons (Fsp3) is 0.143. The number of benzene rings is 2. The zero-order chi connectivity index (χ0) is 14.0. The molecule has 1 atom stereocenters. The van der Waals surface area contributed by atoms with Gasteiger partial charge >= 0.3 is 0 Å². The lowest BCUT2D eigenvalue weighted by atomic mass is 9.99. The maximum absolute atomic E-state index is 6.32. The summed E-state index contributed by atoms with van der Waals surface area (Å²) in [5.74, 6) is 0.725. The molecule has 0 heterocycles. The topological polar surface area (TPSA) is 35.2 Å². The Hall–Kier alpha value is -0.300. The van der Waals surface area contributed by atoms with Crippen molar-refractivity contribution in [3.8, 4) is 5.75 Å². The standard InChI is InChI=1S/C14H12BrClINO/c1-19-9-3-4-10(13(16)7-9)14(18)11-6-8(17)2-5-12(11)15/h2-7,14H,18H2,1H3. The number of methoxy groups -OCH3 is 1. The molecule has 2 aromatic rings. The lowest BCUT2D eigenvalue weighted by Crippen LogP contribution is -2.13. The van der Waals surface area contributed by atoms with Crippen LogP contribution >= 0.6 is 50.1 Å². The average Bonchev–Trinajstić information content (AvgIpc) is 2.40. The molecule has 0 fully saturated rings. The molecule has 1 unspecified atom stereocenters. The Labute approximate surface area is 139 Å². The molecular weight excluding hydrogens is 440 g/mol. The SMILES string of the molecule is COc1ccc(C(N)c2cc(I)ccc2Br)c(Cl)c1. The van der Waals surface area contributed by atoms with Crippen molar-refractivity contribution in [2.45, 2.75) is 6.04 Å². The van der Waals surface area contributed by atoms with Gasteiger partial charge in [0.1, 0.15) is 5.75 Å². The highest BCUT2D eigenvalue weighted by Crippen LogP contribution is 2.33. The zero-order valence-electron chi connectivity index (χ0n) is 10.2. The third kappa shape index (κ3) is 3.42. The number of ether oxygens (including phenoxy) is 1. The molecule has 0 aromatic heterocycles. The van der Waals surface area contributed by atoms with Crippen molar-refractivity contribution in [2.24, 2.45) is 5.73 Å². The zero-order valence-corrected chi connectivity index (χ0v) is 14.7. The summed E-state index contributed by atoms with van der Waals surface area (Å²) in [6, 6.07) is 11.3. The van der Waals surface area contributed by atoms with E-state index in [0.29, 0.717) is 5.02 Å². The van der Waals surface area contributed by atoms with Gasteiger partial charge in [0.15, 0.2) is 0 Å². The van der Waals surface area contributed by atoms with Gasteiger partial charge in [-0.15, -0.1) is 0 Å². The maximum atomic E-state index is 6.32. The van der Waals surface area contributed by atoms with Crippen molar-refractivity contribution in [3.05, 3.63) is 60.6 Å². The summed E-state index contributed by atoms with van der Waals surface area (Å²) in [5.41, 5.74) is 8.21. The van der Waals surface area contributed by atoms with Crippen molar-refractivity contribution in [3.63, 3.8) is 0 Å². The third-order valence-electron chi connectivity index (χ3n) is 2.84. The smallest absolute Gasteiger partial charge is 0.120 e. The van der Waals surface area contributed by atoms with Gasteiger partial charge in [0.25, 0.3) is 0 Å². The molecule has 0 amide bonds. The monoisotopic (exact) mass is 451 g/mol. The van der Waals surface area contributed by atoms with Gasteiger partial charge in [-0.2, -0.15) is 0 Å². The molecule has 2 nitrogen and oxygen atoms in total. The highest BCUT2D eigenvalue weighted by Gasteiger charge is 2.16. The maximum Gasteiger partial charge on any atom is 0.120 e. The second kappa shape index (κ2) is 6.43. The minimum absolute atomic E-state index is 0.275. The van der Waals surface area contributed by atoms with Gasteiger partial charge in [-0.25, -0.2) is 0 Å². The van der Waals surface area contributed by atoms with Crippen LogP contribution in [0.4, 0.5) is 0 Å². The fourth-order valence-corrected chi connectivity index (χ4v) is 3.10. The lowest BCUT2D eigenvalue weighted by Gasteiger charge is -2.17. The van der Waals surface area contributed by atoms with Gasteiger partial charge in [-0.3, -0.25) is 0 Å². The van der Waals surface area contributed by atoms with Crippen molar-refractivity contribution in [1.82, 2.24) is 0 Å². The van der Waals surface area contributed by atoms with E-state index in [1.807, 2.05) is 24.3 Å². The minimum Gasteiger partial charge on any atom is -0.497 e. The van der Waals surface area contributed by atoms with Gasteiger partial charge in [-0.1, -0.05) is 33.6 Å². The molecule has 2 N–H and O–H groups in total. The highest BCUT2D eigenvalue weighted by molar-refractivity contribution is 14.1. The van der Waals surface area contributed by atoms with E-state index >= 15 is 0 Å². The molecule has 0 aliphatic rings. The molecule has 0 radical (unpaired) electrons. The van der Waals surface area contributed by atoms with E-state index in [1.165, 1.54) is 0 Å². The number of rotatable bonds is 3. The summed E-state index contributed by atoms with van der Waals surface area (Å²) < 4.78 is 7.26. The average molecular weight is 453 g/mol. The molecule has 0 aliphatic heterocycles. The van der Waals surface area contributed by atoms with Crippen LogP contribution in [0.15, 0.2) is 40.9 Å². The number of hydrogen-bond acceptors (Lipinski definition) is 2. The van der Waals surface area contributed by atoms with Crippen LogP contribution in [0.3, 0.4) is 0 Å². The number of nitrogens with two attached hydrogens (primary N) is 1. The van der Waals surface area contributed by atoms with Crippen LogP contribution in [0.25, 0.3) is 0 Å². The van der Waals surface area contributed by atoms with Gasteiger partial charge in [-0.05, 0) is 64.0 Å². The fourth-order valence-electron chi connectivity index (χ4n) is 1.81. The van der Waals surface area contributed by atoms with Crippen LogP contribution in [0, 0.1) is 3.57 Å². The van der Waals surface area contributed by atoms with Crippen molar-refractivity contribution < 1.29 is 4.74 Å². The Morgan fingerprint density at radius 1 is 1.21 bits per heavy atom. The van der Waals surface area contributed by atoms with E-state index in [2.05, 4.69) is 44.6 Å². The predicted molar refractivity (Wildman–Crippen MR) is 90.9 cm³/mol. The van der Waals surface area contributed by atoms with E-state index in [4.69, 9.17) is 22.1 Å². The second-order valence-corrected chi connectivity index (χ2v) is 6.54. The number of halogens is 3. The van der Waals surface area contributed by atoms with Gasteiger partial charge in [0.2, 0.25) is 0 Å². The van der Waals surface area contributed by atoms with Crippen molar-refractivity contribution in [2.75, 3.05) is 7.11 Å². The first-order chi connectivity index (χ1) is 9.02. The van der Waals surface area contributed by atoms with Gasteiger partial charge < -0.3 is 10.5 Å². The van der Waals surface area contributed by atoms with Gasteiger partial charge in [0.05, 0.1) is 13.2 Å². The summed E-state index contributed by atoms with van der Waals surface area (Å²) in [6.45, 7) is 0. The van der Waals surface area contributed by atoms with Crippen LogP contribution in [0.2, 0.25) is 5.02 Å². The van der Waals surface area contributed by atoms with E-state index in [0.717, 1.165) is 24.9 Å².